The van der Waals surface area contributed by atoms with Crippen molar-refractivity contribution in [2.45, 2.75) is 32.3 Å². The van der Waals surface area contributed by atoms with Gasteiger partial charge in [-0.05, 0) is 56.5 Å². The first-order valence-corrected chi connectivity index (χ1v) is 9.49. The van der Waals surface area contributed by atoms with E-state index in [0.717, 1.165) is 37.4 Å². The summed E-state index contributed by atoms with van der Waals surface area (Å²) in [7, 11) is 3.27. The Morgan fingerprint density at radius 3 is 2.61 bits per heavy atom. The van der Waals surface area contributed by atoms with Crippen molar-refractivity contribution in [2.75, 3.05) is 33.9 Å². The first-order chi connectivity index (χ1) is 13.5. The molecule has 1 atom stereocenters. The maximum Gasteiger partial charge on any atom is 0.191 e. The third-order valence-electron chi connectivity index (χ3n) is 4.32. The van der Waals surface area contributed by atoms with E-state index in [1.54, 1.807) is 39.5 Å². The second kappa shape index (κ2) is 10.6. The zero-order valence-corrected chi connectivity index (χ0v) is 17.1. The largest absolute Gasteiger partial charge is 0.493 e. The second-order valence-electron chi connectivity index (χ2n) is 6.67. The molecule has 7 heteroatoms. The second-order valence-corrected chi connectivity index (χ2v) is 6.67. The maximum atomic E-state index is 10.5. The highest BCUT2D eigenvalue weighted by molar-refractivity contribution is 5.79. The van der Waals surface area contributed by atoms with Crippen molar-refractivity contribution in [1.82, 2.24) is 10.6 Å². The molecule has 0 spiro atoms. The van der Waals surface area contributed by atoms with Crippen LogP contribution in [0.5, 0.6) is 11.5 Å². The number of methoxy groups -OCH3 is 2. The van der Waals surface area contributed by atoms with Crippen molar-refractivity contribution in [1.29, 1.82) is 0 Å². The Morgan fingerprint density at radius 2 is 1.96 bits per heavy atom. The molecule has 0 amide bonds. The van der Waals surface area contributed by atoms with Gasteiger partial charge in [0.15, 0.2) is 17.5 Å². The fourth-order valence-corrected chi connectivity index (χ4v) is 2.77. The molecule has 3 N–H and O–H groups in total. The van der Waals surface area contributed by atoms with Gasteiger partial charge in [0.1, 0.15) is 11.4 Å². The summed E-state index contributed by atoms with van der Waals surface area (Å²) >= 11 is 0. The number of aliphatic imine (C=N–C) groups is 1. The minimum Gasteiger partial charge on any atom is -0.493 e. The number of benzene rings is 1. The van der Waals surface area contributed by atoms with Gasteiger partial charge in [0.25, 0.3) is 0 Å². The lowest BCUT2D eigenvalue weighted by molar-refractivity contribution is 0.0437. The van der Waals surface area contributed by atoms with Crippen LogP contribution in [0.3, 0.4) is 0 Å². The molecule has 0 saturated heterocycles. The van der Waals surface area contributed by atoms with Gasteiger partial charge >= 0.3 is 0 Å². The van der Waals surface area contributed by atoms with E-state index in [1.165, 1.54) is 5.56 Å². The fourth-order valence-electron chi connectivity index (χ4n) is 2.77. The van der Waals surface area contributed by atoms with Crippen LogP contribution in [0, 0.1) is 0 Å². The monoisotopic (exact) mass is 389 g/mol. The number of guanidine groups is 1. The molecule has 0 aliphatic heterocycles. The lowest BCUT2D eigenvalue weighted by atomic mass is 10.0. The van der Waals surface area contributed by atoms with Gasteiger partial charge in [0.05, 0.1) is 27.0 Å². The van der Waals surface area contributed by atoms with E-state index in [2.05, 4.69) is 15.6 Å². The average molecular weight is 389 g/mol. The molecule has 0 radical (unpaired) electrons. The van der Waals surface area contributed by atoms with E-state index < -0.39 is 5.60 Å². The molecule has 0 saturated carbocycles. The topological polar surface area (TPSA) is 88.3 Å². The van der Waals surface area contributed by atoms with Crippen LogP contribution in [-0.2, 0) is 12.0 Å². The van der Waals surface area contributed by atoms with Crippen molar-refractivity contribution in [3.05, 3.63) is 47.9 Å². The number of hydrogen-bond donors (Lipinski definition) is 3. The molecule has 1 aromatic heterocycles. The summed E-state index contributed by atoms with van der Waals surface area (Å²) in [5.74, 6) is 2.64. The van der Waals surface area contributed by atoms with Crippen LogP contribution < -0.4 is 20.1 Å². The maximum absolute atomic E-state index is 10.5. The van der Waals surface area contributed by atoms with Gasteiger partial charge in [-0.3, -0.25) is 0 Å². The Bertz CT molecular complexity index is 742. The number of aliphatic hydroxyl groups is 1. The zero-order valence-electron chi connectivity index (χ0n) is 17.1. The summed E-state index contributed by atoms with van der Waals surface area (Å²) in [5, 5.41) is 17.0. The number of nitrogens with zero attached hydrogens (tertiary/aromatic N) is 1. The highest BCUT2D eigenvalue weighted by Crippen LogP contribution is 2.27. The van der Waals surface area contributed by atoms with E-state index in [4.69, 9.17) is 13.9 Å². The number of rotatable bonds is 10. The van der Waals surface area contributed by atoms with Crippen LogP contribution in [0.2, 0.25) is 0 Å². The summed E-state index contributed by atoms with van der Waals surface area (Å²) in [6.07, 6.45) is 3.37. The number of aryl methyl sites for hydroxylation is 1. The van der Waals surface area contributed by atoms with E-state index in [9.17, 15) is 5.11 Å². The predicted molar refractivity (Wildman–Crippen MR) is 110 cm³/mol. The standard InChI is InChI=1S/C21H31N3O4/c1-5-22-20(24-15-21(2,25)19-9-7-13-28-19)23-12-6-8-16-10-11-17(26-3)18(14-16)27-4/h7,9-11,13-14,25H,5-6,8,12,15H2,1-4H3,(H2,22,23,24). The smallest absolute Gasteiger partial charge is 0.191 e. The van der Waals surface area contributed by atoms with Gasteiger partial charge in [-0.1, -0.05) is 6.07 Å². The highest BCUT2D eigenvalue weighted by Gasteiger charge is 2.26. The molecule has 28 heavy (non-hydrogen) atoms. The van der Waals surface area contributed by atoms with E-state index in [-0.39, 0.29) is 6.54 Å². The molecule has 0 bridgehead atoms. The third-order valence-corrected chi connectivity index (χ3v) is 4.32. The summed E-state index contributed by atoms with van der Waals surface area (Å²) in [5.41, 5.74) is 0.0352. The number of furan rings is 1. The van der Waals surface area contributed by atoms with Crippen LogP contribution in [0.15, 0.2) is 46.0 Å². The summed E-state index contributed by atoms with van der Waals surface area (Å²) < 4.78 is 15.9. The predicted octanol–water partition coefficient (Wildman–Crippen LogP) is 2.69. The summed E-state index contributed by atoms with van der Waals surface area (Å²) in [6, 6.07) is 9.47. The summed E-state index contributed by atoms with van der Waals surface area (Å²) in [4.78, 5) is 4.48. The van der Waals surface area contributed by atoms with Crippen molar-refractivity contribution >= 4 is 5.96 Å². The molecular weight excluding hydrogens is 358 g/mol. The van der Waals surface area contributed by atoms with Crippen molar-refractivity contribution in [3.63, 3.8) is 0 Å². The van der Waals surface area contributed by atoms with Gasteiger partial charge in [-0.15, -0.1) is 0 Å². The molecule has 0 aliphatic rings. The lowest BCUT2D eigenvalue weighted by Crippen LogP contribution is -2.39. The molecule has 1 unspecified atom stereocenters. The van der Waals surface area contributed by atoms with E-state index in [1.807, 2.05) is 25.1 Å². The molecule has 7 nitrogen and oxygen atoms in total. The number of nitrogens with one attached hydrogen (secondary N) is 2. The molecule has 2 rings (SSSR count). The Labute approximate surface area is 166 Å². The number of ether oxygens (including phenoxy) is 2. The lowest BCUT2D eigenvalue weighted by Gasteiger charge is -2.19. The van der Waals surface area contributed by atoms with E-state index >= 15 is 0 Å². The highest BCUT2D eigenvalue weighted by atomic mass is 16.5. The SMILES string of the molecule is CCNC(=NCC(C)(O)c1ccco1)NCCCc1ccc(OC)c(OC)c1. The van der Waals surface area contributed by atoms with Crippen LogP contribution >= 0.6 is 0 Å². The Kier molecular flexibility index (Phi) is 8.19. The third kappa shape index (κ3) is 6.20. The molecule has 2 aromatic rings. The first-order valence-electron chi connectivity index (χ1n) is 9.49. The molecule has 0 aliphatic carbocycles. The zero-order chi connectivity index (χ0) is 20.4. The first kappa shape index (κ1) is 21.6. The Hall–Kier alpha value is -2.67. The molecule has 1 aromatic carbocycles. The summed E-state index contributed by atoms with van der Waals surface area (Å²) in [6.45, 7) is 5.39. The Morgan fingerprint density at radius 1 is 1.18 bits per heavy atom. The minimum atomic E-state index is -1.15. The van der Waals surface area contributed by atoms with Gasteiger partial charge in [-0.2, -0.15) is 0 Å². The van der Waals surface area contributed by atoms with Gasteiger partial charge in [-0.25, -0.2) is 4.99 Å². The average Bonchev–Trinajstić information content (AvgIpc) is 3.25. The molecule has 1 heterocycles. The van der Waals surface area contributed by atoms with Crippen molar-refractivity contribution in [3.8, 4) is 11.5 Å². The van der Waals surface area contributed by atoms with Crippen molar-refractivity contribution < 1.29 is 19.0 Å². The van der Waals surface area contributed by atoms with Crippen LogP contribution in [0.1, 0.15) is 31.6 Å². The van der Waals surface area contributed by atoms with Gasteiger partial charge in [0.2, 0.25) is 0 Å². The minimum absolute atomic E-state index is 0.200. The van der Waals surface area contributed by atoms with Gasteiger partial charge in [0, 0.05) is 13.1 Å². The van der Waals surface area contributed by atoms with Crippen molar-refractivity contribution in [2.24, 2.45) is 4.99 Å². The van der Waals surface area contributed by atoms with Gasteiger partial charge < -0.3 is 29.6 Å². The van der Waals surface area contributed by atoms with E-state index in [0.29, 0.717) is 11.7 Å². The van der Waals surface area contributed by atoms with Crippen LogP contribution in [-0.4, -0.2) is 44.9 Å². The Balaban J connectivity index is 1.86. The van der Waals surface area contributed by atoms with Crippen LogP contribution in [0.4, 0.5) is 0 Å². The quantitative estimate of drug-likeness (QED) is 0.329. The molecule has 154 valence electrons. The fraction of sp³-hybridized carbons (Fsp3) is 0.476. The normalized spacial score (nSPS) is 13.7. The van der Waals surface area contributed by atoms with Crippen LogP contribution in [0.25, 0.3) is 0 Å². The number of hydrogen-bond acceptors (Lipinski definition) is 5. The molecular formula is C21H31N3O4. The molecule has 0 fully saturated rings.